The number of benzene rings is 1. The molecule has 5 rings (SSSR count). The van der Waals surface area contributed by atoms with Crippen molar-refractivity contribution >= 4 is 35.6 Å². The number of halogens is 2. The van der Waals surface area contributed by atoms with Gasteiger partial charge in [0.15, 0.2) is 5.75 Å². The first-order valence-corrected chi connectivity index (χ1v) is 10.5. The average molecular weight is 428 g/mol. The van der Waals surface area contributed by atoms with E-state index in [1.54, 1.807) is 6.07 Å². The molecule has 1 N–H and O–H groups in total. The number of hydrogen-bond acceptors (Lipinski definition) is 4. The van der Waals surface area contributed by atoms with E-state index in [0.717, 1.165) is 44.8 Å². The highest BCUT2D eigenvalue weighted by Gasteiger charge is 2.38. The second kappa shape index (κ2) is 8.29. The Labute approximate surface area is 179 Å². The van der Waals surface area contributed by atoms with Crippen LogP contribution in [0.15, 0.2) is 12.1 Å². The molecule has 0 aromatic heterocycles. The number of amides is 1. The molecule has 2 bridgehead atoms. The first-order chi connectivity index (χ1) is 12.9. The van der Waals surface area contributed by atoms with Crippen molar-refractivity contribution in [1.82, 2.24) is 10.2 Å². The summed E-state index contributed by atoms with van der Waals surface area (Å²) >= 11 is 6.40. The molecule has 28 heavy (non-hydrogen) atoms. The van der Waals surface area contributed by atoms with Gasteiger partial charge in [0.25, 0.3) is 5.91 Å². The Bertz CT molecular complexity index is 733. The molecular weight excluding hydrogens is 397 g/mol. The third kappa shape index (κ3) is 4.22. The molecule has 5 nitrogen and oxygen atoms in total. The van der Waals surface area contributed by atoms with Gasteiger partial charge in [0.2, 0.25) is 0 Å². The highest BCUT2D eigenvalue weighted by molar-refractivity contribution is 6.31. The van der Waals surface area contributed by atoms with Gasteiger partial charge in [-0.2, -0.15) is 0 Å². The van der Waals surface area contributed by atoms with E-state index < -0.39 is 0 Å². The van der Waals surface area contributed by atoms with Crippen molar-refractivity contribution in [1.29, 1.82) is 0 Å². The smallest absolute Gasteiger partial charge is 0.255 e. The van der Waals surface area contributed by atoms with Crippen LogP contribution in [0.25, 0.3) is 0 Å². The summed E-state index contributed by atoms with van der Waals surface area (Å²) in [6.07, 6.45) is 3.38. The quantitative estimate of drug-likeness (QED) is 0.788. The Balaban J connectivity index is 0.00000225. The van der Waals surface area contributed by atoms with Gasteiger partial charge in [0.05, 0.1) is 17.8 Å². The summed E-state index contributed by atoms with van der Waals surface area (Å²) in [6.45, 7) is 11.3. The molecule has 0 saturated carbocycles. The maximum Gasteiger partial charge on any atom is 0.255 e. The molecule has 3 fully saturated rings. The molecule has 156 valence electrons. The van der Waals surface area contributed by atoms with Crippen LogP contribution in [0, 0.1) is 5.92 Å². The maximum atomic E-state index is 13.2. The van der Waals surface area contributed by atoms with Gasteiger partial charge < -0.3 is 19.9 Å². The highest BCUT2D eigenvalue weighted by Crippen LogP contribution is 2.42. The highest BCUT2D eigenvalue weighted by atomic mass is 35.5. The van der Waals surface area contributed by atoms with Crippen LogP contribution in [-0.4, -0.2) is 55.2 Å². The molecule has 1 aromatic rings. The lowest BCUT2D eigenvalue weighted by molar-refractivity contribution is 0.0610. The summed E-state index contributed by atoms with van der Waals surface area (Å²) in [4.78, 5) is 17.9. The lowest BCUT2D eigenvalue weighted by Crippen LogP contribution is -2.57. The van der Waals surface area contributed by atoms with Gasteiger partial charge in [0.1, 0.15) is 5.60 Å². The zero-order valence-electron chi connectivity index (χ0n) is 17.0. The van der Waals surface area contributed by atoms with E-state index in [1.165, 1.54) is 12.8 Å². The summed E-state index contributed by atoms with van der Waals surface area (Å²) < 4.78 is 6.28. The number of ether oxygens (including phenoxy) is 1. The molecule has 7 heteroatoms. The Kier molecular flexibility index (Phi) is 6.38. The van der Waals surface area contributed by atoms with E-state index >= 15 is 0 Å². The van der Waals surface area contributed by atoms with Crippen LogP contribution >= 0.6 is 24.0 Å². The molecule has 3 saturated heterocycles. The SMILES string of the molecule is CCCN1CC(C)(C)Oc2c(C(=O)NC3CN4CCC3CC4)cc(Cl)cc21.Cl. The van der Waals surface area contributed by atoms with Crippen LogP contribution in [-0.2, 0) is 0 Å². The van der Waals surface area contributed by atoms with Crippen molar-refractivity contribution in [3.8, 4) is 5.75 Å². The summed E-state index contributed by atoms with van der Waals surface area (Å²) in [5.74, 6) is 1.19. The predicted molar refractivity (Wildman–Crippen MR) is 116 cm³/mol. The van der Waals surface area contributed by atoms with E-state index in [4.69, 9.17) is 16.3 Å². The van der Waals surface area contributed by atoms with Gasteiger partial charge in [-0.1, -0.05) is 18.5 Å². The minimum Gasteiger partial charge on any atom is -0.483 e. The Hall–Kier alpha value is -1.17. The number of carbonyl (C=O) groups is 1. The zero-order chi connectivity index (χ0) is 19.2. The van der Waals surface area contributed by atoms with Crippen molar-refractivity contribution in [2.24, 2.45) is 5.92 Å². The molecule has 4 heterocycles. The molecule has 1 aromatic carbocycles. The lowest BCUT2D eigenvalue weighted by atomic mass is 9.84. The lowest BCUT2D eigenvalue weighted by Gasteiger charge is -2.45. The first-order valence-electron chi connectivity index (χ1n) is 10.2. The van der Waals surface area contributed by atoms with Crippen LogP contribution in [0.5, 0.6) is 5.75 Å². The number of nitrogens with one attached hydrogen (secondary N) is 1. The van der Waals surface area contributed by atoms with Gasteiger partial charge in [-0.05, 0) is 64.3 Å². The van der Waals surface area contributed by atoms with Crippen LogP contribution < -0.4 is 15.0 Å². The summed E-state index contributed by atoms with van der Waals surface area (Å²) in [5.41, 5.74) is 1.14. The monoisotopic (exact) mass is 427 g/mol. The fourth-order valence-corrected chi connectivity index (χ4v) is 5.00. The topological polar surface area (TPSA) is 44.8 Å². The van der Waals surface area contributed by atoms with Gasteiger partial charge in [-0.3, -0.25) is 4.79 Å². The van der Waals surface area contributed by atoms with Gasteiger partial charge >= 0.3 is 0 Å². The van der Waals surface area contributed by atoms with Crippen molar-refractivity contribution in [2.75, 3.05) is 37.6 Å². The summed E-state index contributed by atoms with van der Waals surface area (Å²) in [7, 11) is 0. The second-order valence-corrected chi connectivity index (χ2v) is 9.24. The van der Waals surface area contributed by atoms with Crippen LogP contribution in [0.2, 0.25) is 5.02 Å². The van der Waals surface area contributed by atoms with Crippen molar-refractivity contribution in [3.05, 3.63) is 22.7 Å². The van der Waals surface area contributed by atoms with Crippen LogP contribution in [0.4, 0.5) is 5.69 Å². The van der Waals surface area contributed by atoms with E-state index in [9.17, 15) is 4.79 Å². The molecule has 1 atom stereocenters. The van der Waals surface area contributed by atoms with Gasteiger partial charge in [-0.15, -0.1) is 12.4 Å². The molecule has 0 spiro atoms. The number of anilines is 1. The van der Waals surface area contributed by atoms with Crippen LogP contribution in [0.3, 0.4) is 0 Å². The normalized spacial score (nSPS) is 27.4. The van der Waals surface area contributed by atoms with E-state index in [-0.39, 0.29) is 30.0 Å². The minimum atomic E-state index is -0.347. The molecule has 4 aliphatic heterocycles. The molecule has 1 amide bonds. The fraction of sp³-hybridized carbons (Fsp3) is 0.667. The summed E-state index contributed by atoms with van der Waals surface area (Å²) in [5, 5.41) is 3.86. The number of rotatable bonds is 4. The Morgan fingerprint density at radius 3 is 2.64 bits per heavy atom. The van der Waals surface area contributed by atoms with E-state index in [1.807, 2.05) is 6.07 Å². The predicted octanol–water partition coefficient (Wildman–Crippen LogP) is 3.97. The Morgan fingerprint density at radius 2 is 2.04 bits per heavy atom. The zero-order valence-corrected chi connectivity index (χ0v) is 18.5. The van der Waals surface area contributed by atoms with E-state index in [0.29, 0.717) is 22.3 Å². The molecular formula is C21H31Cl2N3O2. The number of hydrogen-bond donors (Lipinski definition) is 1. The Morgan fingerprint density at radius 1 is 1.32 bits per heavy atom. The number of nitrogens with zero attached hydrogens (tertiary/aromatic N) is 2. The van der Waals surface area contributed by atoms with Crippen molar-refractivity contribution in [3.63, 3.8) is 0 Å². The largest absolute Gasteiger partial charge is 0.483 e. The second-order valence-electron chi connectivity index (χ2n) is 8.80. The third-order valence-corrected chi connectivity index (χ3v) is 6.25. The third-order valence-electron chi connectivity index (χ3n) is 6.04. The molecule has 4 aliphatic rings. The fourth-order valence-electron chi connectivity index (χ4n) is 4.79. The minimum absolute atomic E-state index is 0. The number of piperidine rings is 3. The van der Waals surface area contributed by atoms with Crippen molar-refractivity contribution in [2.45, 2.75) is 51.7 Å². The standard InChI is InChI=1S/C21H30ClN3O2.ClH/c1-4-7-25-13-21(2,3)27-19-16(10-15(22)11-18(19)25)20(26)23-17-12-24-8-5-14(17)6-9-24;/h10-11,14,17H,4-9,12-13H2,1-3H3,(H,23,26);1H. The van der Waals surface area contributed by atoms with E-state index in [2.05, 4.69) is 35.9 Å². The van der Waals surface area contributed by atoms with Gasteiger partial charge in [0, 0.05) is 24.2 Å². The van der Waals surface area contributed by atoms with Gasteiger partial charge in [-0.25, -0.2) is 0 Å². The molecule has 0 aliphatic carbocycles. The number of carbonyl (C=O) groups excluding carboxylic acids is 1. The first kappa shape index (κ1) is 21.5. The number of fused-ring (bicyclic) bond motifs is 4. The maximum absolute atomic E-state index is 13.2. The summed E-state index contributed by atoms with van der Waals surface area (Å²) in [6, 6.07) is 3.90. The molecule has 1 unspecified atom stereocenters. The average Bonchev–Trinajstić information content (AvgIpc) is 2.62. The van der Waals surface area contributed by atoms with Crippen molar-refractivity contribution < 1.29 is 9.53 Å². The van der Waals surface area contributed by atoms with Crippen LogP contribution in [0.1, 0.15) is 50.4 Å². The molecule has 0 radical (unpaired) electrons.